The molecule has 1 amide bonds. The first-order valence-electron chi connectivity index (χ1n) is 6.67. The van der Waals surface area contributed by atoms with E-state index < -0.39 is 29.0 Å². The molecular weight excluding hydrogens is 288 g/mol. The fourth-order valence-corrected chi connectivity index (χ4v) is 2.35. The number of amides is 1. The molecule has 1 aliphatic rings. The van der Waals surface area contributed by atoms with Crippen LogP contribution in [-0.2, 0) is 6.18 Å². The zero-order valence-corrected chi connectivity index (χ0v) is 11.4. The molecule has 0 bridgehead atoms. The van der Waals surface area contributed by atoms with Crippen molar-refractivity contribution in [1.82, 2.24) is 10.6 Å². The van der Waals surface area contributed by atoms with Crippen molar-refractivity contribution in [3.05, 3.63) is 35.1 Å². The quantitative estimate of drug-likeness (QED) is 0.825. The summed E-state index contributed by atoms with van der Waals surface area (Å²) >= 11 is 0. The topological polar surface area (TPSA) is 41.1 Å². The summed E-state index contributed by atoms with van der Waals surface area (Å²) in [6.45, 7) is 3.33. The van der Waals surface area contributed by atoms with Gasteiger partial charge >= 0.3 is 6.18 Å². The molecule has 0 aromatic heterocycles. The summed E-state index contributed by atoms with van der Waals surface area (Å²) in [7, 11) is 0. The first kappa shape index (κ1) is 15.8. The molecule has 1 aromatic rings. The predicted molar refractivity (Wildman–Crippen MR) is 69.3 cm³/mol. The molecule has 7 heteroatoms. The summed E-state index contributed by atoms with van der Waals surface area (Å²) < 4.78 is 51.5. The van der Waals surface area contributed by atoms with E-state index >= 15 is 0 Å². The van der Waals surface area contributed by atoms with Crippen molar-refractivity contribution >= 4 is 5.91 Å². The van der Waals surface area contributed by atoms with Gasteiger partial charge in [0.2, 0.25) is 0 Å². The highest BCUT2D eigenvalue weighted by molar-refractivity contribution is 5.94. The zero-order valence-electron chi connectivity index (χ0n) is 11.4. The molecule has 116 valence electrons. The number of carbonyl (C=O) groups is 1. The number of benzene rings is 1. The van der Waals surface area contributed by atoms with Crippen LogP contribution in [0.25, 0.3) is 0 Å². The van der Waals surface area contributed by atoms with Crippen LogP contribution < -0.4 is 10.6 Å². The molecule has 1 aliphatic heterocycles. The number of rotatable bonds is 2. The summed E-state index contributed by atoms with van der Waals surface area (Å²) in [6.07, 6.45) is -3.95. The van der Waals surface area contributed by atoms with Crippen LogP contribution in [0.3, 0.4) is 0 Å². The molecule has 1 fully saturated rings. The minimum Gasteiger partial charge on any atom is -0.349 e. The van der Waals surface area contributed by atoms with Gasteiger partial charge < -0.3 is 10.6 Å². The van der Waals surface area contributed by atoms with Crippen LogP contribution >= 0.6 is 0 Å². The van der Waals surface area contributed by atoms with E-state index in [0.717, 1.165) is 0 Å². The van der Waals surface area contributed by atoms with Crippen molar-refractivity contribution in [2.45, 2.75) is 25.6 Å². The van der Waals surface area contributed by atoms with Crippen LogP contribution in [0.5, 0.6) is 0 Å². The Kier molecular flexibility index (Phi) is 4.51. The Morgan fingerprint density at radius 2 is 2.10 bits per heavy atom. The van der Waals surface area contributed by atoms with Crippen molar-refractivity contribution in [3.63, 3.8) is 0 Å². The van der Waals surface area contributed by atoms with Crippen molar-refractivity contribution < 1.29 is 22.4 Å². The normalized spacial score (nSPS) is 22.9. The molecule has 1 saturated heterocycles. The van der Waals surface area contributed by atoms with E-state index in [1.165, 1.54) is 0 Å². The maximum Gasteiger partial charge on any atom is 0.416 e. The molecule has 1 aromatic carbocycles. The third kappa shape index (κ3) is 3.72. The predicted octanol–water partition coefficient (Wildman–Crippen LogP) is 2.57. The van der Waals surface area contributed by atoms with Gasteiger partial charge in [-0.15, -0.1) is 0 Å². The van der Waals surface area contributed by atoms with Crippen molar-refractivity contribution in [2.75, 3.05) is 13.1 Å². The highest BCUT2D eigenvalue weighted by Gasteiger charge is 2.32. The molecule has 1 heterocycles. The summed E-state index contributed by atoms with van der Waals surface area (Å²) in [4.78, 5) is 12.0. The Bertz CT molecular complexity index is 530. The van der Waals surface area contributed by atoms with Gasteiger partial charge in [0.15, 0.2) is 0 Å². The van der Waals surface area contributed by atoms with E-state index in [4.69, 9.17) is 0 Å². The molecule has 0 aliphatic carbocycles. The Labute approximate surface area is 119 Å². The zero-order chi connectivity index (χ0) is 15.6. The van der Waals surface area contributed by atoms with E-state index in [2.05, 4.69) is 10.6 Å². The van der Waals surface area contributed by atoms with E-state index in [0.29, 0.717) is 37.7 Å². The number of hydrogen-bond donors (Lipinski definition) is 2. The van der Waals surface area contributed by atoms with E-state index in [-0.39, 0.29) is 12.0 Å². The molecule has 2 rings (SSSR count). The monoisotopic (exact) mass is 304 g/mol. The lowest BCUT2D eigenvalue weighted by Crippen LogP contribution is -2.48. The van der Waals surface area contributed by atoms with Crippen molar-refractivity contribution in [1.29, 1.82) is 0 Å². The number of alkyl halides is 3. The van der Waals surface area contributed by atoms with Crippen LogP contribution in [0, 0.1) is 11.7 Å². The lowest BCUT2D eigenvalue weighted by Gasteiger charge is -2.30. The number of carbonyl (C=O) groups excluding carboxylic acids is 1. The number of halogens is 4. The second-order valence-electron chi connectivity index (χ2n) is 5.24. The van der Waals surface area contributed by atoms with Gasteiger partial charge in [-0.05, 0) is 43.6 Å². The Balaban J connectivity index is 2.18. The maximum atomic E-state index is 13.6. The first-order chi connectivity index (χ1) is 9.79. The molecular formula is C14H16F4N2O. The average Bonchev–Trinajstić information content (AvgIpc) is 2.40. The van der Waals surface area contributed by atoms with E-state index in [1.54, 1.807) is 0 Å². The van der Waals surface area contributed by atoms with E-state index in [9.17, 15) is 22.4 Å². The smallest absolute Gasteiger partial charge is 0.349 e. The minimum atomic E-state index is -4.61. The fraction of sp³-hybridized carbons (Fsp3) is 0.500. The average molecular weight is 304 g/mol. The lowest BCUT2D eigenvalue weighted by atomic mass is 9.95. The van der Waals surface area contributed by atoms with Gasteiger partial charge in [0.1, 0.15) is 5.82 Å². The van der Waals surface area contributed by atoms with Gasteiger partial charge in [-0.2, -0.15) is 13.2 Å². The molecule has 2 N–H and O–H groups in total. The fourth-order valence-electron chi connectivity index (χ4n) is 2.35. The molecule has 0 saturated carbocycles. The maximum absolute atomic E-state index is 13.6. The molecule has 0 spiro atoms. The molecule has 2 atom stereocenters. The molecule has 0 radical (unpaired) electrons. The summed E-state index contributed by atoms with van der Waals surface area (Å²) in [5, 5.41) is 5.76. The second-order valence-corrected chi connectivity index (χ2v) is 5.24. The van der Waals surface area contributed by atoms with Crippen LogP contribution in [0.4, 0.5) is 17.6 Å². The summed E-state index contributed by atoms with van der Waals surface area (Å²) in [5.41, 5.74) is -1.61. The number of hydrogen-bond acceptors (Lipinski definition) is 2. The number of piperidine rings is 1. The van der Waals surface area contributed by atoms with Gasteiger partial charge in [0.05, 0.1) is 11.1 Å². The van der Waals surface area contributed by atoms with Crippen LogP contribution in [0.15, 0.2) is 18.2 Å². The van der Waals surface area contributed by atoms with Gasteiger partial charge in [0, 0.05) is 6.04 Å². The van der Waals surface area contributed by atoms with Crippen LogP contribution in [-0.4, -0.2) is 25.0 Å². The minimum absolute atomic E-state index is 0.136. The highest BCUT2D eigenvalue weighted by atomic mass is 19.4. The molecule has 0 unspecified atom stereocenters. The molecule has 21 heavy (non-hydrogen) atoms. The Morgan fingerprint density at radius 1 is 1.38 bits per heavy atom. The van der Waals surface area contributed by atoms with Gasteiger partial charge in [-0.25, -0.2) is 4.39 Å². The van der Waals surface area contributed by atoms with Crippen LogP contribution in [0.1, 0.15) is 29.3 Å². The highest BCUT2D eigenvalue weighted by Crippen LogP contribution is 2.30. The Morgan fingerprint density at radius 3 is 2.71 bits per heavy atom. The van der Waals surface area contributed by atoms with Crippen molar-refractivity contribution in [2.24, 2.45) is 5.92 Å². The largest absolute Gasteiger partial charge is 0.416 e. The Hall–Kier alpha value is -1.63. The SMILES string of the molecule is C[C@@H]1CNCC[C@@H]1NC(=O)c1cc(C(F)(F)F)ccc1F. The summed E-state index contributed by atoms with van der Waals surface area (Å²) in [5.74, 6) is -1.63. The third-order valence-corrected chi connectivity index (χ3v) is 3.64. The standard InChI is InChI=1S/C14H16F4N2O/c1-8-7-19-5-4-12(8)20-13(21)10-6-9(14(16,17)18)2-3-11(10)15/h2-3,6,8,12,19H,4-5,7H2,1H3,(H,20,21)/t8-,12+/m1/s1. The van der Waals surface area contributed by atoms with Crippen molar-refractivity contribution in [3.8, 4) is 0 Å². The van der Waals surface area contributed by atoms with Gasteiger partial charge in [-0.3, -0.25) is 4.79 Å². The van der Waals surface area contributed by atoms with E-state index in [1.807, 2.05) is 6.92 Å². The third-order valence-electron chi connectivity index (χ3n) is 3.64. The van der Waals surface area contributed by atoms with Gasteiger partial charge in [0.25, 0.3) is 5.91 Å². The number of nitrogens with one attached hydrogen (secondary N) is 2. The summed E-state index contributed by atoms with van der Waals surface area (Å²) in [6, 6.07) is 1.67. The molecule has 3 nitrogen and oxygen atoms in total. The van der Waals surface area contributed by atoms with Crippen LogP contribution in [0.2, 0.25) is 0 Å². The second kappa shape index (κ2) is 6.01. The lowest BCUT2D eigenvalue weighted by molar-refractivity contribution is -0.137. The first-order valence-corrected chi connectivity index (χ1v) is 6.67. The van der Waals surface area contributed by atoms with Gasteiger partial charge in [-0.1, -0.05) is 6.92 Å².